The lowest BCUT2D eigenvalue weighted by Gasteiger charge is -2.32. The first-order valence-electron chi connectivity index (χ1n) is 9.86. The van der Waals surface area contributed by atoms with Crippen LogP contribution in [-0.4, -0.2) is 49.1 Å². The largest absolute Gasteiger partial charge is 0.494 e. The van der Waals surface area contributed by atoms with Crippen molar-refractivity contribution >= 4 is 36.2 Å². The van der Waals surface area contributed by atoms with E-state index in [2.05, 4.69) is 5.32 Å². The summed E-state index contributed by atoms with van der Waals surface area (Å²) in [5.41, 5.74) is -0.222. The summed E-state index contributed by atoms with van der Waals surface area (Å²) >= 11 is 6.32. The molecule has 7 nitrogen and oxygen atoms in total. The summed E-state index contributed by atoms with van der Waals surface area (Å²) in [6.07, 6.45) is -0.537. The Morgan fingerprint density at radius 2 is 1.70 bits per heavy atom. The molecule has 1 aliphatic rings. The predicted molar refractivity (Wildman–Crippen MR) is 116 cm³/mol. The summed E-state index contributed by atoms with van der Waals surface area (Å²) in [7, 11) is 0.669. The van der Waals surface area contributed by atoms with Crippen LogP contribution in [0.15, 0.2) is 18.2 Å². The number of halogens is 1. The van der Waals surface area contributed by atoms with Crippen molar-refractivity contribution in [1.29, 1.82) is 0 Å². The number of hydrogen-bond donors (Lipinski definition) is 1. The topological polar surface area (TPSA) is 83.1 Å². The van der Waals surface area contributed by atoms with Crippen molar-refractivity contribution in [2.24, 2.45) is 0 Å². The molecule has 1 atom stereocenters. The summed E-state index contributed by atoms with van der Waals surface area (Å²) in [6, 6.07) is 4.40. The highest BCUT2D eigenvalue weighted by molar-refractivity contribution is 6.62. The van der Waals surface area contributed by atoms with Gasteiger partial charge in [-0.15, -0.1) is 0 Å². The van der Waals surface area contributed by atoms with Crippen LogP contribution in [0.3, 0.4) is 0 Å². The first-order chi connectivity index (χ1) is 13.6. The fraction of sp³-hybridized carbons (Fsp3) is 0.619. The van der Waals surface area contributed by atoms with Crippen molar-refractivity contribution in [3.63, 3.8) is 0 Å². The molecule has 0 aromatic heterocycles. The maximum Gasteiger partial charge on any atom is 0.494 e. The van der Waals surface area contributed by atoms with Crippen LogP contribution < -0.4 is 10.8 Å². The zero-order chi connectivity index (χ0) is 22.9. The van der Waals surface area contributed by atoms with Crippen molar-refractivity contribution in [3.05, 3.63) is 28.8 Å². The molecule has 1 amide bonds. The Morgan fingerprint density at radius 1 is 1.13 bits per heavy atom. The number of methoxy groups -OCH3 is 1. The Morgan fingerprint density at radius 3 is 2.20 bits per heavy atom. The molecule has 0 radical (unpaired) electrons. The number of rotatable bonds is 5. The Bertz CT molecular complexity index is 789. The van der Waals surface area contributed by atoms with Crippen LogP contribution in [0.2, 0.25) is 5.02 Å². The standard InChI is InChI=1S/C21H31BClNO6/c1-19(2,3)28-18(26)24-16(17(25)27-8)11-13-9-14(12-15(23)10-13)22-29-20(4,5)21(6,7)30-22/h9-10,12,16H,11H2,1-8H3,(H,24,26)/t16-/m0/s1. The molecule has 0 spiro atoms. The summed E-state index contributed by atoms with van der Waals surface area (Å²) < 4.78 is 22.3. The van der Waals surface area contributed by atoms with Gasteiger partial charge in [0.05, 0.1) is 18.3 Å². The van der Waals surface area contributed by atoms with E-state index < -0.39 is 42.0 Å². The number of hydrogen-bond acceptors (Lipinski definition) is 6. The van der Waals surface area contributed by atoms with Crippen molar-refractivity contribution in [2.45, 2.75) is 77.7 Å². The maximum atomic E-state index is 12.2. The smallest absolute Gasteiger partial charge is 0.467 e. The molecule has 1 aromatic rings. The van der Waals surface area contributed by atoms with Crippen molar-refractivity contribution in [1.82, 2.24) is 5.32 Å². The average molecular weight is 440 g/mol. The van der Waals surface area contributed by atoms with E-state index in [1.807, 2.05) is 33.8 Å². The van der Waals surface area contributed by atoms with E-state index in [9.17, 15) is 9.59 Å². The monoisotopic (exact) mass is 439 g/mol. The van der Waals surface area contributed by atoms with E-state index in [-0.39, 0.29) is 6.42 Å². The molecule has 0 aliphatic carbocycles. The molecule has 2 rings (SSSR count). The number of esters is 1. The van der Waals surface area contributed by atoms with Gasteiger partial charge in [-0.2, -0.15) is 0 Å². The van der Waals surface area contributed by atoms with Gasteiger partial charge in [0.2, 0.25) is 0 Å². The third-order valence-electron chi connectivity index (χ3n) is 5.12. The molecule has 166 valence electrons. The summed E-state index contributed by atoms with van der Waals surface area (Å²) in [4.78, 5) is 24.4. The van der Waals surface area contributed by atoms with Crippen LogP contribution in [0, 0.1) is 0 Å². The molecule has 9 heteroatoms. The van der Waals surface area contributed by atoms with Crippen molar-refractivity contribution in [2.75, 3.05) is 7.11 Å². The molecule has 1 fully saturated rings. The number of benzene rings is 1. The van der Waals surface area contributed by atoms with Gasteiger partial charge < -0.3 is 24.1 Å². The highest BCUT2D eigenvalue weighted by atomic mass is 35.5. The van der Waals surface area contributed by atoms with Crippen LogP contribution >= 0.6 is 11.6 Å². The molecule has 0 bridgehead atoms. The molecule has 1 aromatic carbocycles. The van der Waals surface area contributed by atoms with Gasteiger partial charge in [0, 0.05) is 11.4 Å². The highest BCUT2D eigenvalue weighted by Gasteiger charge is 2.51. The first kappa shape index (κ1) is 24.5. The minimum absolute atomic E-state index is 0.166. The lowest BCUT2D eigenvalue weighted by molar-refractivity contribution is -0.143. The van der Waals surface area contributed by atoms with Gasteiger partial charge in [0.1, 0.15) is 11.6 Å². The second-order valence-corrected chi connectivity index (χ2v) is 9.84. The van der Waals surface area contributed by atoms with Gasteiger partial charge in [-0.05, 0) is 71.6 Å². The zero-order valence-electron chi connectivity index (χ0n) is 18.9. The molecule has 1 N–H and O–H groups in total. The van der Waals surface area contributed by atoms with E-state index in [1.54, 1.807) is 32.9 Å². The van der Waals surface area contributed by atoms with Gasteiger partial charge in [-0.3, -0.25) is 0 Å². The van der Waals surface area contributed by atoms with Crippen LogP contribution in [0.1, 0.15) is 54.0 Å². The molecule has 1 saturated heterocycles. The predicted octanol–water partition coefficient (Wildman–Crippen LogP) is 3.25. The minimum Gasteiger partial charge on any atom is -0.467 e. The van der Waals surface area contributed by atoms with E-state index in [0.29, 0.717) is 5.02 Å². The van der Waals surface area contributed by atoms with Crippen molar-refractivity contribution in [3.8, 4) is 0 Å². The van der Waals surface area contributed by atoms with E-state index in [0.717, 1.165) is 11.0 Å². The lowest BCUT2D eigenvalue weighted by Crippen LogP contribution is -2.45. The minimum atomic E-state index is -0.936. The number of ether oxygens (including phenoxy) is 2. The fourth-order valence-electron chi connectivity index (χ4n) is 2.93. The molecule has 30 heavy (non-hydrogen) atoms. The first-order valence-corrected chi connectivity index (χ1v) is 10.2. The number of amides is 1. The maximum absolute atomic E-state index is 12.2. The number of alkyl carbamates (subject to hydrolysis) is 1. The number of nitrogens with one attached hydrogen (secondary N) is 1. The molecular weight excluding hydrogens is 408 g/mol. The molecule has 1 aliphatic heterocycles. The number of carbonyl (C=O) groups is 2. The lowest BCUT2D eigenvalue weighted by atomic mass is 9.78. The third kappa shape index (κ3) is 6.12. The van der Waals surface area contributed by atoms with Gasteiger partial charge >= 0.3 is 19.2 Å². The molecule has 0 unspecified atom stereocenters. The van der Waals surface area contributed by atoms with Gasteiger partial charge in [0.25, 0.3) is 0 Å². The normalized spacial score (nSPS) is 18.6. The van der Waals surface area contributed by atoms with Gasteiger partial charge in [-0.25, -0.2) is 9.59 Å². The Balaban J connectivity index is 2.23. The number of carbonyl (C=O) groups excluding carboxylic acids is 2. The SMILES string of the molecule is COC(=O)[C@H](Cc1cc(Cl)cc(B2OC(C)(C)C(C)(C)O2)c1)NC(=O)OC(C)(C)C. The third-order valence-corrected chi connectivity index (χ3v) is 5.34. The van der Waals surface area contributed by atoms with Crippen molar-refractivity contribution < 1.29 is 28.4 Å². The fourth-order valence-corrected chi connectivity index (χ4v) is 3.20. The van der Waals surface area contributed by atoms with E-state index in [1.165, 1.54) is 7.11 Å². The van der Waals surface area contributed by atoms with Crippen LogP contribution in [0.4, 0.5) is 4.79 Å². The van der Waals surface area contributed by atoms with E-state index in [4.69, 9.17) is 30.4 Å². The second-order valence-electron chi connectivity index (χ2n) is 9.41. The Hall–Kier alpha value is -1.77. The second kappa shape index (κ2) is 8.77. The summed E-state index contributed by atoms with van der Waals surface area (Å²) in [6.45, 7) is 13.1. The van der Waals surface area contributed by atoms with Crippen LogP contribution in [-0.2, 0) is 30.0 Å². The Kier molecular flexibility index (Phi) is 7.16. The molecule has 1 heterocycles. The highest BCUT2D eigenvalue weighted by Crippen LogP contribution is 2.36. The molecule has 0 saturated carbocycles. The van der Waals surface area contributed by atoms with Crippen LogP contribution in [0.25, 0.3) is 0 Å². The molecular formula is C21H31BClNO6. The van der Waals surface area contributed by atoms with Crippen LogP contribution in [0.5, 0.6) is 0 Å². The summed E-state index contributed by atoms with van der Waals surface area (Å²) in [5, 5.41) is 3.04. The summed E-state index contributed by atoms with van der Waals surface area (Å²) in [5.74, 6) is -0.585. The van der Waals surface area contributed by atoms with E-state index >= 15 is 0 Å². The average Bonchev–Trinajstić information content (AvgIpc) is 2.79. The zero-order valence-corrected chi connectivity index (χ0v) is 19.7. The van der Waals surface area contributed by atoms with Gasteiger partial charge in [-0.1, -0.05) is 17.7 Å². The quantitative estimate of drug-likeness (QED) is 0.560. The van der Waals surface area contributed by atoms with Gasteiger partial charge in [0.15, 0.2) is 0 Å². The Labute approximate surface area is 183 Å².